The summed E-state index contributed by atoms with van der Waals surface area (Å²) in [6, 6.07) is 0. The molecule has 1 nitrogen and oxygen atoms in total. The zero-order valence-corrected chi connectivity index (χ0v) is 8.32. The highest BCUT2D eigenvalue weighted by atomic mass is 19.4. The molecule has 0 aliphatic rings. The lowest BCUT2D eigenvalue weighted by atomic mass is 9.97. The average molecular weight is 335 g/mol. The molecule has 0 spiro atoms. The molecule has 20 heavy (non-hydrogen) atoms. The molecular weight excluding hydrogens is 335 g/mol. The Kier molecular flexibility index (Phi) is 4.07. The molecule has 0 aromatic heterocycles. The number of hydrogen-bond acceptors (Lipinski definition) is 0. The lowest BCUT2D eigenvalue weighted by Crippen LogP contribution is -2.70. The van der Waals surface area contributed by atoms with Crippen LogP contribution in [0.2, 0.25) is 0 Å². The molecule has 0 saturated carbocycles. The zero-order valence-electron chi connectivity index (χ0n) is 8.32. The van der Waals surface area contributed by atoms with Gasteiger partial charge in [-0.15, -0.1) is 0 Å². The predicted octanol–water partition coefficient (Wildman–Crippen LogP) is 4.11. The van der Waals surface area contributed by atoms with Crippen molar-refractivity contribution in [3.8, 4) is 0 Å². The monoisotopic (exact) mass is 335 g/mol. The van der Waals surface area contributed by atoms with E-state index >= 15 is 0 Å². The molecule has 0 amide bonds. The molecular formula is C6F13O. The van der Waals surface area contributed by atoms with Crippen molar-refractivity contribution in [1.29, 1.82) is 0 Å². The largest absolute Gasteiger partial charge is 0.460 e. The van der Waals surface area contributed by atoms with Gasteiger partial charge in [0.05, 0.1) is 0 Å². The summed E-state index contributed by atoms with van der Waals surface area (Å²) in [5.74, 6) is -31.3. The first kappa shape index (κ1) is 19.1. The quantitative estimate of drug-likeness (QED) is 0.692. The van der Waals surface area contributed by atoms with E-state index in [-0.39, 0.29) is 0 Å². The molecule has 0 rings (SSSR count). The fourth-order valence-electron chi connectivity index (χ4n) is 0.755. The van der Waals surface area contributed by atoms with Gasteiger partial charge < -0.3 is 0 Å². The second kappa shape index (κ2) is 4.27. The van der Waals surface area contributed by atoms with E-state index in [1.54, 1.807) is 0 Å². The number of alkyl halides is 13. The van der Waals surface area contributed by atoms with Crippen molar-refractivity contribution in [2.75, 3.05) is 0 Å². The summed E-state index contributed by atoms with van der Waals surface area (Å²) in [7, 11) is 0. The highest BCUT2D eigenvalue weighted by molar-refractivity contribution is 5.07. The Balaban J connectivity index is 6.08. The van der Waals surface area contributed by atoms with Crippen LogP contribution in [-0.4, -0.2) is 36.0 Å². The number of hydrogen-bond donors (Lipinski definition) is 0. The van der Waals surface area contributed by atoms with Crippen molar-refractivity contribution >= 4 is 0 Å². The summed E-state index contributed by atoms with van der Waals surface area (Å²) < 4.78 is 155. The van der Waals surface area contributed by atoms with Crippen molar-refractivity contribution in [2.24, 2.45) is 0 Å². The maximum atomic E-state index is 12.4. The molecule has 0 aliphatic heterocycles. The molecule has 0 aromatic carbocycles. The van der Waals surface area contributed by atoms with Gasteiger partial charge in [0, 0.05) is 0 Å². The smallest absolute Gasteiger partial charge is 0.192 e. The van der Waals surface area contributed by atoms with E-state index in [2.05, 4.69) is 0 Å². The third kappa shape index (κ3) is 2.26. The van der Waals surface area contributed by atoms with Crippen LogP contribution in [-0.2, 0) is 5.11 Å². The maximum absolute atomic E-state index is 12.4. The van der Waals surface area contributed by atoms with Gasteiger partial charge in [-0.25, -0.2) is 0 Å². The predicted molar refractivity (Wildman–Crippen MR) is 31.5 cm³/mol. The summed E-state index contributed by atoms with van der Waals surface area (Å²) in [5.41, 5.74) is 0. The Morgan fingerprint density at radius 3 is 0.900 bits per heavy atom. The Morgan fingerprint density at radius 1 is 0.400 bits per heavy atom. The van der Waals surface area contributed by atoms with Gasteiger partial charge in [0.1, 0.15) is 0 Å². The van der Waals surface area contributed by atoms with Gasteiger partial charge in [0.25, 0.3) is 0 Å². The maximum Gasteiger partial charge on any atom is 0.460 e. The Hall–Kier alpha value is -0.950. The summed E-state index contributed by atoms with van der Waals surface area (Å²) >= 11 is 0. The average Bonchev–Trinajstić information content (AvgIpc) is 2.12. The summed E-state index contributed by atoms with van der Waals surface area (Å²) in [6.07, 6.45) is -14.8. The molecule has 0 aliphatic carbocycles. The minimum absolute atomic E-state index is 7.37. The van der Waals surface area contributed by atoms with Gasteiger partial charge in [0.15, 0.2) is 0 Å². The minimum atomic E-state index is -7.98. The van der Waals surface area contributed by atoms with Crippen molar-refractivity contribution in [1.82, 2.24) is 0 Å². The lowest BCUT2D eigenvalue weighted by Gasteiger charge is -2.37. The van der Waals surface area contributed by atoms with Gasteiger partial charge >= 0.3 is 36.0 Å². The van der Waals surface area contributed by atoms with E-state index in [4.69, 9.17) is 0 Å². The van der Waals surface area contributed by atoms with Crippen LogP contribution < -0.4 is 0 Å². The molecule has 0 heterocycles. The highest BCUT2D eigenvalue weighted by Crippen LogP contribution is 2.59. The van der Waals surface area contributed by atoms with Crippen LogP contribution in [0.5, 0.6) is 0 Å². The molecule has 121 valence electrons. The first-order chi connectivity index (χ1) is 8.25. The third-order valence-corrected chi connectivity index (χ3v) is 1.91. The van der Waals surface area contributed by atoms with Crippen LogP contribution >= 0.6 is 0 Å². The molecule has 14 heteroatoms. The normalized spacial score (nSPS) is 18.9. The fraction of sp³-hybridized carbons (Fsp3) is 1.00. The molecule has 1 atom stereocenters. The van der Waals surface area contributed by atoms with Crippen LogP contribution in [0.25, 0.3) is 0 Å². The zero-order chi connectivity index (χ0) is 17.0. The molecule has 0 aromatic rings. The minimum Gasteiger partial charge on any atom is -0.192 e. The van der Waals surface area contributed by atoms with Crippen molar-refractivity contribution in [2.45, 2.75) is 36.0 Å². The van der Waals surface area contributed by atoms with E-state index in [1.165, 1.54) is 0 Å². The van der Waals surface area contributed by atoms with Crippen LogP contribution in [0.4, 0.5) is 57.1 Å². The molecule has 0 saturated heterocycles. The number of rotatable bonds is 3. The second-order valence-electron chi connectivity index (χ2n) is 3.31. The molecule has 1 unspecified atom stereocenters. The van der Waals surface area contributed by atoms with Crippen LogP contribution in [0.1, 0.15) is 0 Å². The second-order valence-corrected chi connectivity index (χ2v) is 3.31. The highest BCUT2D eigenvalue weighted by Gasteiger charge is 2.91. The van der Waals surface area contributed by atoms with E-state index in [1.807, 2.05) is 0 Å². The van der Waals surface area contributed by atoms with E-state index in [9.17, 15) is 62.2 Å². The van der Waals surface area contributed by atoms with Crippen LogP contribution in [0, 0.1) is 0 Å². The van der Waals surface area contributed by atoms with Crippen LogP contribution in [0.3, 0.4) is 0 Å². The molecule has 0 N–H and O–H groups in total. The Morgan fingerprint density at radius 2 is 0.700 bits per heavy atom. The first-order valence-electron chi connectivity index (χ1n) is 3.91. The van der Waals surface area contributed by atoms with Gasteiger partial charge in [-0.1, -0.05) is 0 Å². The Labute approximate surface area is 99.5 Å². The molecule has 0 bridgehead atoms. The van der Waals surface area contributed by atoms with Gasteiger partial charge in [0.2, 0.25) is 0 Å². The summed E-state index contributed by atoms with van der Waals surface area (Å²) in [4.78, 5) is 0. The number of halogens is 13. The van der Waals surface area contributed by atoms with Gasteiger partial charge in [-0.3, -0.25) is 0 Å². The van der Waals surface area contributed by atoms with E-state index in [0.29, 0.717) is 0 Å². The van der Waals surface area contributed by atoms with E-state index in [0.717, 1.165) is 0 Å². The van der Waals surface area contributed by atoms with Gasteiger partial charge in [-0.2, -0.15) is 62.2 Å². The standard InChI is InChI=1S/C6F13O/c7-1(8,3(11,12)5(14,15)16)2(9,10)4(13,20)6(17,18)19. The van der Waals surface area contributed by atoms with Crippen molar-refractivity contribution < 1.29 is 62.2 Å². The molecule has 1 radical (unpaired) electrons. The van der Waals surface area contributed by atoms with Gasteiger partial charge in [-0.05, 0) is 0 Å². The van der Waals surface area contributed by atoms with Crippen molar-refractivity contribution in [3.63, 3.8) is 0 Å². The first-order valence-corrected chi connectivity index (χ1v) is 3.91. The van der Waals surface area contributed by atoms with Crippen LogP contribution in [0.15, 0.2) is 0 Å². The summed E-state index contributed by atoms with van der Waals surface area (Å²) in [6.45, 7) is 0. The summed E-state index contributed by atoms with van der Waals surface area (Å²) in [5, 5.41) is 9.84. The third-order valence-electron chi connectivity index (χ3n) is 1.91. The fourth-order valence-corrected chi connectivity index (χ4v) is 0.755. The SMILES string of the molecule is [O]C(F)(C(F)(F)F)C(F)(F)C(F)(F)C(F)(F)C(F)(F)F. The van der Waals surface area contributed by atoms with Crippen molar-refractivity contribution in [3.05, 3.63) is 0 Å². The topological polar surface area (TPSA) is 19.9 Å². The Bertz CT molecular complexity index is 324. The van der Waals surface area contributed by atoms with E-state index < -0.39 is 36.0 Å². The molecule has 0 fully saturated rings. The lowest BCUT2D eigenvalue weighted by molar-refractivity contribution is -0.476.